The quantitative estimate of drug-likeness (QED) is 0.865. The summed E-state index contributed by atoms with van der Waals surface area (Å²) in [4.78, 5) is 12.0. The Bertz CT molecular complexity index is 621. The normalized spacial score (nSPS) is 19.8. The van der Waals surface area contributed by atoms with E-state index in [0.29, 0.717) is 6.61 Å². The first-order valence-electron chi connectivity index (χ1n) is 7.54. The summed E-state index contributed by atoms with van der Waals surface area (Å²) in [5, 5.41) is 2.76. The molecule has 1 amide bonds. The summed E-state index contributed by atoms with van der Waals surface area (Å²) in [6.07, 6.45) is 1.38. The number of hydrogen-bond donors (Lipinski definition) is 1. The lowest BCUT2D eigenvalue weighted by molar-refractivity contribution is -0.119. The molecule has 5 nitrogen and oxygen atoms in total. The molecule has 1 aromatic rings. The first-order chi connectivity index (χ1) is 10.4. The number of aryl methyl sites for hydroxylation is 1. The molecule has 1 N–H and O–H groups in total. The molecule has 1 aliphatic rings. The van der Waals surface area contributed by atoms with Gasteiger partial charge in [0.25, 0.3) is 0 Å². The smallest absolute Gasteiger partial charge is 0.235 e. The maximum absolute atomic E-state index is 12.0. The van der Waals surface area contributed by atoms with Crippen LogP contribution in [0.2, 0.25) is 0 Å². The van der Waals surface area contributed by atoms with Crippen LogP contribution in [0.15, 0.2) is 24.3 Å². The number of ether oxygens (including phenoxy) is 1. The molecule has 1 aliphatic heterocycles. The second kappa shape index (κ2) is 7.24. The Balaban J connectivity index is 1.90. The van der Waals surface area contributed by atoms with E-state index in [4.69, 9.17) is 4.74 Å². The van der Waals surface area contributed by atoms with Crippen molar-refractivity contribution in [1.82, 2.24) is 5.32 Å². The molecule has 0 aromatic heterocycles. The molecule has 0 bridgehead atoms. The van der Waals surface area contributed by atoms with E-state index in [-0.39, 0.29) is 17.9 Å². The Hall–Kier alpha value is -1.40. The predicted molar refractivity (Wildman–Crippen MR) is 85.4 cm³/mol. The number of benzene rings is 1. The summed E-state index contributed by atoms with van der Waals surface area (Å²) in [6.45, 7) is 4.43. The van der Waals surface area contributed by atoms with Crippen molar-refractivity contribution in [3.8, 4) is 0 Å². The van der Waals surface area contributed by atoms with Crippen LogP contribution in [0, 0.1) is 6.92 Å². The number of carbonyl (C=O) groups excluding carboxylic acids is 1. The number of rotatable bonds is 6. The van der Waals surface area contributed by atoms with Gasteiger partial charge in [-0.05, 0) is 37.8 Å². The monoisotopic (exact) mass is 325 g/mol. The number of sulfone groups is 1. The molecule has 22 heavy (non-hydrogen) atoms. The molecule has 1 heterocycles. The Labute approximate surface area is 132 Å². The van der Waals surface area contributed by atoms with Crippen molar-refractivity contribution >= 4 is 15.7 Å². The van der Waals surface area contributed by atoms with Crippen LogP contribution >= 0.6 is 0 Å². The van der Waals surface area contributed by atoms with Gasteiger partial charge in [0.05, 0.1) is 17.9 Å². The highest BCUT2D eigenvalue weighted by Gasteiger charge is 2.26. The van der Waals surface area contributed by atoms with E-state index in [0.717, 1.165) is 24.0 Å². The van der Waals surface area contributed by atoms with Crippen LogP contribution in [0.25, 0.3) is 0 Å². The van der Waals surface area contributed by atoms with Crippen molar-refractivity contribution in [2.24, 2.45) is 0 Å². The Morgan fingerprint density at radius 2 is 2.14 bits per heavy atom. The molecule has 6 heteroatoms. The molecule has 0 unspecified atom stereocenters. The zero-order valence-electron chi connectivity index (χ0n) is 13.0. The van der Waals surface area contributed by atoms with Gasteiger partial charge in [-0.25, -0.2) is 8.42 Å². The predicted octanol–water partition coefficient (Wildman–Crippen LogP) is 1.77. The average molecular weight is 325 g/mol. The molecule has 1 saturated heterocycles. The van der Waals surface area contributed by atoms with Crippen molar-refractivity contribution in [3.05, 3.63) is 35.4 Å². The summed E-state index contributed by atoms with van der Waals surface area (Å²) < 4.78 is 29.4. The molecule has 1 fully saturated rings. The Morgan fingerprint density at radius 3 is 2.77 bits per heavy atom. The van der Waals surface area contributed by atoms with E-state index in [1.54, 1.807) is 0 Å². The largest absolute Gasteiger partial charge is 0.377 e. The van der Waals surface area contributed by atoms with Gasteiger partial charge >= 0.3 is 0 Å². The maximum atomic E-state index is 12.0. The van der Waals surface area contributed by atoms with Gasteiger partial charge < -0.3 is 10.1 Å². The van der Waals surface area contributed by atoms with Gasteiger partial charge in [0, 0.05) is 6.61 Å². The van der Waals surface area contributed by atoms with Crippen LogP contribution in [0.4, 0.5) is 0 Å². The topological polar surface area (TPSA) is 72.5 Å². The molecule has 2 atom stereocenters. The first-order valence-corrected chi connectivity index (χ1v) is 9.36. The Morgan fingerprint density at radius 1 is 1.41 bits per heavy atom. The zero-order chi connectivity index (χ0) is 16.2. The molecule has 122 valence electrons. The van der Waals surface area contributed by atoms with Crippen molar-refractivity contribution in [1.29, 1.82) is 0 Å². The third-order valence-corrected chi connectivity index (χ3v) is 5.43. The second-order valence-corrected chi connectivity index (χ2v) is 7.94. The van der Waals surface area contributed by atoms with E-state index < -0.39 is 21.5 Å². The van der Waals surface area contributed by atoms with Crippen LogP contribution < -0.4 is 5.32 Å². The van der Waals surface area contributed by atoms with Crippen LogP contribution in [0.1, 0.15) is 36.9 Å². The molecular weight excluding hydrogens is 302 g/mol. The molecule has 0 aliphatic carbocycles. The molecule has 0 spiro atoms. The van der Waals surface area contributed by atoms with Crippen LogP contribution in [0.5, 0.6) is 0 Å². The third kappa shape index (κ3) is 4.81. The SMILES string of the molecule is Cc1ccccc1[C@H](C)NC(=O)CS(=O)(=O)C[C@H]1CCCO1. The molecule has 2 rings (SSSR count). The fraction of sp³-hybridized carbons (Fsp3) is 0.562. The molecule has 0 radical (unpaired) electrons. The van der Waals surface area contributed by atoms with E-state index in [1.165, 1.54) is 0 Å². The van der Waals surface area contributed by atoms with Crippen molar-refractivity contribution in [2.45, 2.75) is 38.8 Å². The minimum atomic E-state index is -3.44. The van der Waals surface area contributed by atoms with E-state index in [1.807, 2.05) is 38.1 Å². The van der Waals surface area contributed by atoms with Gasteiger partial charge in [-0.3, -0.25) is 4.79 Å². The molecule has 1 aromatic carbocycles. The van der Waals surface area contributed by atoms with E-state index >= 15 is 0 Å². The van der Waals surface area contributed by atoms with Crippen LogP contribution in [-0.4, -0.2) is 38.5 Å². The van der Waals surface area contributed by atoms with Gasteiger partial charge in [0.2, 0.25) is 5.91 Å². The van der Waals surface area contributed by atoms with E-state index in [2.05, 4.69) is 5.32 Å². The van der Waals surface area contributed by atoms with Gasteiger partial charge in [0.15, 0.2) is 9.84 Å². The zero-order valence-corrected chi connectivity index (χ0v) is 13.9. The highest BCUT2D eigenvalue weighted by Crippen LogP contribution is 2.17. The summed E-state index contributed by atoms with van der Waals surface area (Å²) in [5.74, 6) is -1.02. The first kappa shape index (κ1) is 17.0. The third-order valence-electron chi connectivity index (χ3n) is 3.85. The second-order valence-electron chi connectivity index (χ2n) is 5.84. The highest BCUT2D eigenvalue weighted by atomic mass is 32.2. The van der Waals surface area contributed by atoms with Crippen molar-refractivity contribution in [3.63, 3.8) is 0 Å². The van der Waals surface area contributed by atoms with Gasteiger partial charge in [-0.2, -0.15) is 0 Å². The number of carbonyl (C=O) groups is 1. The summed E-state index contributed by atoms with van der Waals surface area (Å²) >= 11 is 0. The minimum absolute atomic E-state index is 0.0703. The van der Waals surface area contributed by atoms with Gasteiger partial charge in [0.1, 0.15) is 5.75 Å². The van der Waals surface area contributed by atoms with Gasteiger partial charge in [-0.1, -0.05) is 24.3 Å². The highest BCUT2D eigenvalue weighted by molar-refractivity contribution is 7.92. The fourth-order valence-electron chi connectivity index (χ4n) is 2.75. The number of amides is 1. The maximum Gasteiger partial charge on any atom is 0.235 e. The standard InChI is InChI=1S/C16H23NO4S/c1-12-6-3-4-8-15(12)13(2)17-16(18)11-22(19,20)10-14-7-5-9-21-14/h3-4,6,8,13-14H,5,7,9-11H2,1-2H3,(H,17,18)/t13-,14+/m0/s1. The summed E-state index contributed by atoms with van der Waals surface area (Å²) in [6, 6.07) is 7.51. The molecular formula is C16H23NO4S. The van der Waals surface area contributed by atoms with Crippen LogP contribution in [-0.2, 0) is 19.4 Å². The fourth-order valence-corrected chi connectivity index (χ4v) is 4.18. The molecule has 0 saturated carbocycles. The van der Waals surface area contributed by atoms with Gasteiger partial charge in [-0.15, -0.1) is 0 Å². The van der Waals surface area contributed by atoms with Crippen molar-refractivity contribution in [2.75, 3.05) is 18.1 Å². The minimum Gasteiger partial charge on any atom is -0.377 e. The lowest BCUT2D eigenvalue weighted by Gasteiger charge is -2.17. The van der Waals surface area contributed by atoms with E-state index in [9.17, 15) is 13.2 Å². The average Bonchev–Trinajstić information content (AvgIpc) is 2.90. The lowest BCUT2D eigenvalue weighted by Crippen LogP contribution is -2.35. The van der Waals surface area contributed by atoms with Crippen molar-refractivity contribution < 1.29 is 17.9 Å². The van der Waals surface area contributed by atoms with Crippen LogP contribution in [0.3, 0.4) is 0 Å². The Kier molecular flexibility index (Phi) is 5.58. The number of hydrogen-bond acceptors (Lipinski definition) is 4. The summed E-state index contributed by atoms with van der Waals surface area (Å²) in [7, 11) is -3.44. The summed E-state index contributed by atoms with van der Waals surface area (Å²) in [5.41, 5.74) is 2.06. The number of nitrogens with one attached hydrogen (secondary N) is 1. The lowest BCUT2D eigenvalue weighted by atomic mass is 10.0.